The molecular weight excluding hydrogens is 181 g/mol. The normalized spacial score (nSPS) is 14.1. The first-order valence-corrected chi connectivity index (χ1v) is 4.57. The van der Waals surface area contributed by atoms with E-state index in [1.165, 1.54) is 18.2 Å². The summed E-state index contributed by atoms with van der Waals surface area (Å²) in [6.45, 7) is 5.72. The summed E-state index contributed by atoms with van der Waals surface area (Å²) in [5.74, 6) is -0.528. The lowest BCUT2D eigenvalue weighted by molar-refractivity contribution is 0.309. The molecule has 0 aliphatic heterocycles. The lowest BCUT2D eigenvalue weighted by atomic mass is 9.82. The van der Waals surface area contributed by atoms with E-state index in [2.05, 4.69) is 0 Å². The molecule has 1 rings (SSSR count). The standard InChI is InChI=1S/C11H16FNO/c1-11(2,3)10(13)9-7(12)5-4-6-8(9)14/h4-6,10,14H,13H2,1-3H3/t10-/m1/s1. The van der Waals surface area contributed by atoms with Gasteiger partial charge in [0, 0.05) is 11.6 Å². The molecule has 78 valence electrons. The first-order valence-electron chi connectivity index (χ1n) is 4.57. The van der Waals surface area contributed by atoms with Crippen LogP contribution in [0.25, 0.3) is 0 Å². The first kappa shape index (κ1) is 11.0. The molecule has 0 aliphatic carbocycles. The monoisotopic (exact) mass is 197 g/mol. The van der Waals surface area contributed by atoms with Crippen LogP contribution in [0.2, 0.25) is 0 Å². The van der Waals surface area contributed by atoms with E-state index in [1.807, 2.05) is 20.8 Å². The Morgan fingerprint density at radius 1 is 1.36 bits per heavy atom. The third kappa shape index (κ3) is 2.04. The van der Waals surface area contributed by atoms with Crippen LogP contribution >= 0.6 is 0 Å². The van der Waals surface area contributed by atoms with Crippen LogP contribution in [0, 0.1) is 11.2 Å². The molecule has 0 aromatic heterocycles. The number of phenolic OH excluding ortho intramolecular Hbond substituents is 1. The highest BCUT2D eigenvalue weighted by molar-refractivity contribution is 5.36. The topological polar surface area (TPSA) is 46.2 Å². The van der Waals surface area contributed by atoms with Crippen molar-refractivity contribution in [2.75, 3.05) is 0 Å². The Labute approximate surface area is 83.6 Å². The van der Waals surface area contributed by atoms with Crippen molar-refractivity contribution >= 4 is 0 Å². The summed E-state index contributed by atoms with van der Waals surface area (Å²) in [6, 6.07) is 3.71. The minimum absolute atomic E-state index is 0.0765. The van der Waals surface area contributed by atoms with Crippen molar-refractivity contribution in [3.05, 3.63) is 29.6 Å². The molecule has 0 unspecified atom stereocenters. The second kappa shape index (κ2) is 3.58. The molecule has 14 heavy (non-hydrogen) atoms. The number of hydrogen-bond donors (Lipinski definition) is 2. The zero-order chi connectivity index (χ0) is 10.9. The molecule has 0 radical (unpaired) electrons. The fraction of sp³-hybridized carbons (Fsp3) is 0.455. The number of halogens is 1. The van der Waals surface area contributed by atoms with E-state index in [0.29, 0.717) is 0 Å². The fourth-order valence-corrected chi connectivity index (χ4v) is 1.27. The lowest BCUT2D eigenvalue weighted by Gasteiger charge is -2.28. The molecule has 1 aromatic rings. The third-order valence-corrected chi connectivity index (χ3v) is 2.27. The highest BCUT2D eigenvalue weighted by Crippen LogP contribution is 2.36. The summed E-state index contributed by atoms with van der Waals surface area (Å²) >= 11 is 0. The van der Waals surface area contributed by atoms with Crippen LogP contribution in [-0.4, -0.2) is 5.11 Å². The van der Waals surface area contributed by atoms with Crippen molar-refractivity contribution in [3.8, 4) is 5.75 Å². The molecule has 0 saturated carbocycles. The number of phenols is 1. The van der Waals surface area contributed by atoms with Gasteiger partial charge in [0.25, 0.3) is 0 Å². The van der Waals surface area contributed by atoms with Gasteiger partial charge >= 0.3 is 0 Å². The van der Waals surface area contributed by atoms with Gasteiger partial charge < -0.3 is 10.8 Å². The highest BCUT2D eigenvalue weighted by atomic mass is 19.1. The average molecular weight is 197 g/mol. The lowest BCUT2D eigenvalue weighted by Crippen LogP contribution is -2.27. The summed E-state index contributed by atoms with van der Waals surface area (Å²) in [5, 5.41) is 9.51. The molecule has 3 heteroatoms. The van der Waals surface area contributed by atoms with Crippen LogP contribution in [0.4, 0.5) is 4.39 Å². The van der Waals surface area contributed by atoms with E-state index in [4.69, 9.17) is 5.73 Å². The maximum Gasteiger partial charge on any atom is 0.131 e. The predicted molar refractivity (Wildman–Crippen MR) is 54.4 cm³/mol. The van der Waals surface area contributed by atoms with Crippen LogP contribution in [0.5, 0.6) is 5.75 Å². The molecule has 0 bridgehead atoms. The molecular formula is C11H16FNO. The Kier molecular flexibility index (Phi) is 2.81. The highest BCUT2D eigenvalue weighted by Gasteiger charge is 2.27. The molecule has 0 aliphatic rings. The minimum Gasteiger partial charge on any atom is -0.508 e. The Hall–Kier alpha value is -1.09. The summed E-state index contributed by atoms with van der Waals surface area (Å²) < 4.78 is 13.4. The largest absolute Gasteiger partial charge is 0.508 e. The van der Waals surface area contributed by atoms with E-state index in [-0.39, 0.29) is 16.7 Å². The molecule has 0 saturated heterocycles. The molecule has 0 heterocycles. The van der Waals surface area contributed by atoms with Gasteiger partial charge in [0.1, 0.15) is 11.6 Å². The van der Waals surface area contributed by atoms with Gasteiger partial charge in [-0.3, -0.25) is 0 Å². The molecule has 3 N–H and O–H groups in total. The van der Waals surface area contributed by atoms with E-state index in [9.17, 15) is 9.50 Å². The number of rotatable bonds is 1. The Balaban J connectivity index is 3.19. The van der Waals surface area contributed by atoms with Crippen molar-refractivity contribution in [1.82, 2.24) is 0 Å². The molecule has 0 spiro atoms. The zero-order valence-corrected chi connectivity index (χ0v) is 8.71. The summed E-state index contributed by atoms with van der Waals surface area (Å²) in [5.41, 5.74) is 5.79. The van der Waals surface area contributed by atoms with Gasteiger partial charge in [-0.2, -0.15) is 0 Å². The van der Waals surface area contributed by atoms with Crippen LogP contribution in [-0.2, 0) is 0 Å². The van der Waals surface area contributed by atoms with Crippen molar-refractivity contribution in [2.45, 2.75) is 26.8 Å². The SMILES string of the molecule is CC(C)(C)[C@H](N)c1c(O)cccc1F. The summed E-state index contributed by atoms with van der Waals surface area (Å²) in [4.78, 5) is 0. The molecule has 1 aromatic carbocycles. The predicted octanol–water partition coefficient (Wildman–Crippen LogP) is 2.58. The van der Waals surface area contributed by atoms with Gasteiger partial charge in [-0.25, -0.2) is 4.39 Å². The molecule has 0 fully saturated rings. The van der Waals surface area contributed by atoms with E-state index >= 15 is 0 Å². The molecule has 0 amide bonds. The van der Waals surface area contributed by atoms with Crippen molar-refractivity contribution in [3.63, 3.8) is 0 Å². The van der Waals surface area contributed by atoms with Gasteiger partial charge in [0.2, 0.25) is 0 Å². The van der Waals surface area contributed by atoms with Gasteiger partial charge in [-0.05, 0) is 17.5 Å². The van der Waals surface area contributed by atoms with Gasteiger partial charge in [-0.15, -0.1) is 0 Å². The Bertz CT molecular complexity index is 310. The smallest absolute Gasteiger partial charge is 0.131 e. The van der Waals surface area contributed by atoms with Crippen molar-refractivity contribution < 1.29 is 9.50 Å². The maximum absolute atomic E-state index is 13.4. The first-order chi connectivity index (χ1) is 6.34. The average Bonchev–Trinajstić information content (AvgIpc) is 2.01. The van der Waals surface area contributed by atoms with Crippen molar-refractivity contribution in [1.29, 1.82) is 0 Å². The summed E-state index contributed by atoms with van der Waals surface area (Å²) in [6.07, 6.45) is 0. The quantitative estimate of drug-likeness (QED) is 0.726. The van der Waals surface area contributed by atoms with Gasteiger partial charge in [0.05, 0.1) is 0 Å². The third-order valence-electron chi connectivity index (χ3n) is 2.27. The summed E-state index contributed by atoms with van der Waals surface area (Å²) in [7, 11) is 0. The number of benzene rings is 1. The van der Waals surface area contributed by atoms with Crippen molar-refractivity contribution in [2.24, 2.45) is 11.1 Å². The van der Waals surface area contributed by atoms with Crippen LogP contribution in [0.3, 0.4) is 0 Å². The fourth-order valence-electron chi connectivity index (χ4n) is 1.27. The van der Waals surface area contributed by atoms with E-state index < -0.39 is 11.9 Å². The zero-order valence-electron chi connectivity index (χ0n) is 8.71. The second-order valence-electron chi connectivity index (χ2n) is 4.52. The second-order valence-corrected chi connectivity index (χ2v) is 4.52. The molecule has 2 nitrogen and oxygen atoms in total. The van der Waals surface area contributed by atoms with Crippen LogP contribution in [0.15, 0.2) is 18.2 Å². The number of nitrogens with two attached hydrogens (primary N) is 1. The Morgan fingerprint density at radius 3 is 2.36 bits per heavy atom. The maximum atomic E-state index is 13.4. The van der Waals surface area contributed by atoms with Crippen LogP contribution in [0.1, 0.15) is 32.4 Å². The number of hydrogen-bond acceptors (Lipinski definition) is 2. The van der Waals surface area contributed by atoms with E-state index in [0.717, 1.165) is 0 Å². The number of aromatic hydroxyl groups is 1. The van der Waals surface area contributed by atoms with Gasteiger partial charge in [-0.1, -0.05) is 26.8 Å². The van der Waals surface area contributed by atoms with Gasteiger partial charge in [0.15, 0.2) is 0 Å². The Morgan fingerprint density at radius 2 is 1.93 bits per heavy atom. The molecule has 1 atom stereocenters. The van der Waals surface area contributed by atoms with Crippen LogP contribution < -0.4 is 5.73 Å². The minimum atomic E-state index is -0.510. The van der Waals surface area contributed by atoms with E-state index in [1.54, 1.807) is 0 Å².